The average Bonchev–Trinajstić information content (AvgIpc) is 3.01. The van der Waals surface area contributed by atoms with Crippen LogP contribution < -0.4 is 5.32 Å². The van der Waals surface area contributed by atoms with Crippen molar-refractivity contribution in [2.45, 2.75) is 13.3 Å². The van der Waals surface area contributed by atoms with Gasteiger partial charge >= 0.3 is 5.97 Å². The summed E-state index contributed by atoms with van der Waals surface area (Å²) >= 11 is 5.94. The van der Waals surface area contributed by atoms with E-state index < -0.39 is 5.97 Å². The van der Waals surface area contributed by atoms with Crippen LogP contribution in [0.5, 0.6) is 5.75 Å². The van der Waals surface area contributed by atoms with E-state index in [1.54, 1.807) is 37.4 Å². The molecule has 0 aliphatic carbocycles. The summed E-state index contributed by atoms with van der Waals surface area (Å²) < 4.78 is 6.52. The van der Waals surface area contributed by atoms with Crippen LogP contribution in [0.4, 0.5) is 5.82 Å². The van der Waals surface area contributed by atoms with Crippen molar-refractivity contribution in [3.05, 3.63) is 52.8 Å². The predicted molar refractivity (Wildman–Crippen MR) is 94.3 cm³/mol. The monoisotopic (exact) mass is 360 g/mol. The molecule has 0 spiro atoms. The Bertz CT molecular complexity index is 910. The van der Waals surface area contributed by atoms with E-state index in [1.807, 2.05) is 0 Å². The van der Waals surface area contributed by atoms with E-state index in [9.17, 15) is 9.90 Å². The summed E-state index contributed by atoms with van der Waals surface area (Å²) in [6.07, 6.45) is 3.72. The van der Waals surface area contributed by atoms with Crippen molar-refractivity contribution in [3.63, 3.8) is 0 Å². The number of halogens is 1. The minimum Gasteiger partial charge on any atom is -0.508 e. The Morgan fingerprint density at radius 3 is 3.04 bits per heavy atom. The van der Waals surface area contributed by atoms with Crippen molar-refractivity contribution in [2.24, 2.45) is 0 Å². The Balaban J connectivity index is 1.72. The molecule has 7 nitrogen and oxygen atoms in total. The second-order valence-corrected chi connectivity index (χ2v) is 5.75. The first-order valence-electron chi connectivity index (χ1n) is 7.81. The van der Waals surface area contributed by atoms with E-state index >= 15 is 0 Å². The Labute approximate surface area is 149 Å². The Kier molecular flexibility index (Phi) is 5.04. The molecule has 0 bridgehead atoms. The smallest absolute Gasteiger partial charge is 0.343 e. The number of nitrogens with zero attached hydrogens (tertiary/aromatic N) is 3. The van der Waals surface area contributed by atoms with Gasteiger partial charge in [0.1, 0.15) is 17.1 Å². The summed E-state index contributed by atoms with van der Waals surface area (Å²) in [4.78, 5) is 16.3. The second-order valence-electron chi connectivity index (χ2n) is 5.31. The highest BCUT2D eigenvalue weighted by Gasteiger charge is 2.15. The SMILES string of the molecule is CCOC(=O)c1cnn2ccc(NCCc3cc(Cl)ccc3O)nc12. The number of phenols is 1. The molecule has 0 aliphatic rings. The van der Waals surface area contributed by atoms with E-state index in [1.165, 1.54) is 10.7 Å². The molecule has 0 saturated heterocycles. The van der Waals surface area contributed by atoms with Gasteiger partial charge in [0.2, 0.25) is 0 Å². The van der Waals surface area contributed by atoms with Gasteiger partial charge in [0, 0.05) is 17.8 Å². The minimum atomic E-state index is -0.453. The number of rotatable bonds is 6. The molecule has 2 aromatic heterocycles. The second kappa shape index (κ2) is 7.40. The van der Waals surface area contributed by atoms with Gasteiger partial charge < -0.3 is 15.2 Å². The fraction of sp³-hybridized carbons (Fsp3) is 0.235. The molecule has 2 N–H and O–H groups in total. The molecule has 0 amide bonds. The van der Waals surface area contributed by atoms with Crippen LogP contribution in [0.15, 0.2) is 36.7 Å². The average molecular weight is 361 g/mol. The molecule has 0 saturated carbocycles. The number of hydrogen-bond acceptors (Lipinski definition) is 6. The van der Waals surface area contributed by atoms with Gasteiger partial charge in [0.15, 0.2) is 5.65 Å². The van der Waals surface area contributed by atoms with Crippen molar-refractivity contribution in [2.75, 3.05) is 18.5 Å². The van der Waals surface area contributed by atoms with Crippen molar-refractivity contribution in [1.29, 1.82) is 0 Å². The van der Waals surface area contributed by atoms with Crippen LogP contribution in [0.1, 0.15) is 22.8 Å². The number of esters is 1. The van der Waals surface area contributed by atoms with Crippen molar-refractivity contribution in [3.8, 4) is 5.75 Å². The largest absolute Gasteiger partial charge is 0.508 e. The summed E-state index contributed by atoms with van der Waals surface area (Å²) in [5.74, 6) is 0.348. The molecule has 3 aromatic rings. The number of aromatic hydroxyl groups is 1. The van der Waals surface area contributed by atoms with Gasteiger partial charge in [0.05, 0.1) is 12.8 Å². The van der Waals surface area contributed by atoms with Crippen molar-refractivity contribution < 1.29 is 14.6 Å². The molecule has 130 valence electrons. The van der Waals surface area contributed by atoms with E-state index in [0.717, 1.165) is 5.56 Å². The van der Waals surface area contributed by atoms with Crippen LogP contribution >= 0.6 is 11.6 Å². The molecular formula is C17H17ClN4O3. The molecule has 0 unspecified atom stereocenters. The van der Waals surface area contributed by atoms with Gasteiger partial charge in [-0.25, -0.2) is 14.3 Å². The summed E-state index contributed by atoms with van der Waals surface area (Å²) in [6.45, 7) is 2.58. The molecule has 1 aromatic carbocycles. The van der Waals surface area contributed by atoms with Crippen LogP contribution in [0, 0.1) is 0 Å². The molecular weight excluding hydrogens is 344 g/mol. The molecule has 0 radical (unpaired) electrons. The Morgan fingerprint density at radius 1 is 1.40 bits per heavy atom. The van der Waals surface area contributed by atoms with Crippen LogP contribution in [-0.2, 0) is 11.2 Å². The lowest BCUT2D eigenvalue weighted by Crippen LogP contribution is -2.09. The lowest BCUT2D eigenvalue weighted by atomic mass is 10.1. The summed E-state index contributed by atoms with van der Waals surface area (Å²) in [7, 11) is 0. The highest BCUT2D eigenvalue weighted by molar-refractivity contribution is 6.30. The zero-order chi connectivity index (χ0) is 17.8. The number of anilines is 1. The number of fused-ring (bicyclic) bond motifs is 1. The zero-order valence-corrected chi connectivity index (χ0v) is 14.3. The number of aromatic nitrogens is 3. The standard InChI is InChI=1S/C17H17ClN4O3/c1-2-25-17(24)13-10-20-22-8-6-15(21-16(13)22)19-7-5-11-9-12(18)3-4-14(11)23/h3-4,6,8-10,23H,2,5,7H2,1H3,(H,19,21). The summed E-state index contributed by atoms with van der Waals surface area (Å²) in [6, 6.07) is 6.69. The number of hydrogen-bond donors (Lipinski definition) is 2. The summed E-state index contributed by atoms with van der Waals surface area (Å²) in [5.41, 5.74) is 1.49. The van der Waals surface area contributed by atoms with Gasteiger partial charge in [0.25, 0.3) is 0 Å². The Hall–Kier alpha value is -2.80. The highest BCUT2D eigenvalue weighted by Crippen LogP contribution is 2.22. The van der Waals surface area contributed by atoms with E-state index in [2.05, 4.69) is 15.4 Å². The van der Waals surface area contributed by atoms with Crippen LogP contribution in [0.3, 0.4) is 0 Å². The fourth-order valence-corrected chi connectivity index (χ4v) is 2.59. The van der Waals surface area contributed by atoms with E-state index in [0.29, 0.717) is 35.0 Å². The topological polar surface area (TPSA) is 88.8 Å². The van der Waals surface area contributed by atoms with Crippen LogP contribution in [-0.4, -0.2) is 38.8 Å². The van der Waals surface area contributed by atoms with Gasteiger partial charge in [-0.05, 0) is 43.2 Å². The van der Waals surface area contributed by atoms with Gasteiger partial charge in [-0.2, -0.15) is 5.10 Å². The van der Waals surface area contributed by atoms with Gasteiger partial charge in [-0.15, -0.1) is 0 Å². The van der Waals surface area contributed by atoms with Crippen LogP contribution in [0.25, 0.3) is 5.65 Å². The molecule has 3 rings (SSSR count). The molecule has 0 aliphatic heterocycles. The highest BCUT2D eigenvalue weighted by atomic mass is 35.5. The maximum Gasteiger partial charge on any atom is 0.343 e. The third-order valence-corrected chi connectivity index (χ3v) is 3.84. The van der Waals surface area contributed by atoms with E-state index in [-0.39, 0.29) is 12.4 Å². The van der Waals surface area contributed by atoms with Gasteiger partial charge in [-0.3, -0.25) is 0 Å². The number of carbonyl (C=O) groups excluding carboxylic acids is 1. The van der Waals surface area contributed by atoms with Crippen molar-refractivity contribution in [1.82, 2.24) is 14.6 Å². The van der Waals surface area contributed by atoms with Crippen LogP contribution in [0.2, 0.25) is 5.02 Å². The third kappa shape index (κ3) is 3.83. The Morgan fingerprint density at radius 2 is 2.24 bits per heavy atom. The quantitative estimate of drug-likeness (QED) is 0.657. The first-order chi connectivity index (χ1) is 12.1. The van der Waals surface area contributed by atoms with Gasteiger partial charge in [-0.1, -0.05) is 11.6 Å². The number of benzene rings is 1. The lowest BCUT2D eigenvalue weighted by molar-refractivity contribution is 0.0528. The normalized spacial score (nSPS) is 10.8. The molecule has 0 fully saturated rings. The zero-order valence-electron chi connectivity index (χ0n) is 13.6. The first kappa shape index (κ1) is 17.0. The maximum atomic E-state index is 11.9. The maximum absolute atomic E-state index is 11.9. The number of ether oxygens (including phenoxy) is 1. The molecule has 2 heterocycles. The molecule has 8 heteroatoms. The number of phenolic OH excluding ortho intramolecular Hbond substituents is 1. The predicted octanol–water partition coefficient (Wildman–Crippen LogP) is 2.92. The first-order valence-corrected chi connectivity index (χ1v) is 8.19. The molecule has 25 heavy (non-hydrogen) atoms. The third-order valence-electron chi connectivity index (χ3n) is 3.61. The lowest BCUT2D eigenvalue weighted by Gasteiger charge is -2.08. The van der Waals surface area contributed by atoms with E-state index in [4.69, 9.17) is 16.3 Å². The number of carbonyl (C=O) groups is 1. The summed E-state index contributed by atoms with van der Waals surface area (Å²) in [5, 5.41) is 17.7. The molecule has 0 atom stereocenters. The van der Waals surface area contributed by atoms with Crippen molar-refractivity contribution >= 4 is 29.0 Å². The minimum absolute atomic E-state index is 0.204. The fourth-order valence-electron chi connectivity index (χ4n) is 2.40. The number of nitrogens with one attached hydrogen (secondary N) is 1.